The fourth-order valence-corrected chi connectivity index (χ4v) is 7.03. The number of hydrogen-bond acceptors (Lipinski definition) is 21. The van der Waals surface area contributed by atoms with Crippen LogP contribution in [-0.2, 0) is 14.2 Å². The van der Waals surface area contributed by atoms with Gasteiger partial charge in [-0.05, 0) is 67.8 Å². The zero-order valence-electron chi connectivity index (χ0n) is 32.4. The molecule has 0 bridgehead atoms. The molecule has 0 saturated carbocycles. The molecular weight excluding hydrogens is 804 g/mol. The smallest absolute Gasteiger partial charge is 0.229 e. The molecule has 0 spiro atoms. The fraction of sp³-hybridized carbons (Fsp3) is 0.538. The maximum Gasteiger partial charge on any atom is 0.229 e. The largest absolute Gasteiger partial charge is 0.507 e. The van der Waals surface area contributed by atoms with E-state index in [4.69, 9.17) is 33.2 Å². The van der Waals surface area contributed by atoms with Crippen molar-refractivity contribution in [3.05, 3.63) is 53.1 Å². The average molecular weight is 855 g/mol. The van der Waals surface area contributed by atoms with Crippen molar-refractivity contribution in [1.82, 2.24) is 0 Å². The third-order valence-corrected chi connectivity index (χ3v) is 10.6. The maximum atomic E-state index is 11.5. The minimum absolute atomic E-state index is 0.00625. The Bertz CT molecular complexity index is 1960. The highest BCUT2D eigenvalue weighted by atomic mass is 16.7. The Balaban J connectivity index is 1.42. The number of phenolic OH excluding ortho intramolecular Hbond substituents is 2. The Kier molecular flexibility index (Phi) is 14.0. The molecule has 60 heavy (non-hydrogen) atoms. The van der Waals surface area contributed by atoms with E-state index in [0.29, 0.717) is 0 Å². The standard InChI is InChI=1S/C39H50O21/c1-13-4-16(54-37-33(51)30(48)27(45)22(10-40)58-37)7-19(25(13)43)20-8-17(55-38-34(52)31(49)28(46)23(11-41)59-38)6-15(3)36(20)57-21-9-18(5-14(2)26(21)44)56-39-35(53)32(50)29(47)24(12-42)60-39/h4-9,22-24,27-35,37-53H,10-12H2,1-3H3. The van der Waals surface area contributed by atoms with E-state index in [2.05, 4.69) is 0 Å². The highest BCUT2D eigenvalue weighted by Gasteiger charge is 2.47. The van der Waals surface area contributed by atoms with Crippen LogP contribution in [0.5, 0.6) is 40.2 Å². The zero-order valence-corrected chi connectivity index (χ0v) is 32.4. The van der Waals surface area contributed by atoms with Crippen molar-refractivity contribution < 1.29 is 105 Å². The summed E-state index contributed by atoms with van der Waals surface area (Å²) in [7, 11) is 0. The molecular formula is C39H50O21. The fourth-order valence-electron chi connectivity index (χ4n) is 7.03. The van der Waals surface area contributed by atoms with Gasteiger partial charge in [0.15, 0.2) is 11.5 Å². The molecule has 3 saturated heterocycles. The van der Waals surface area contributed by atoms with Crippen molar-refractivity contribution in [3.8, 4) is 51.4 Å². The van der Waals surface area contributed by atoms with Crippen LogP contribution in [0.1, 0.15) is 16.7 Å². The van der Waals surface area contributed by atoms with Gasteiger partial charge in [0.1, 0.15) is 102 Å². The van der Waals surface area contributed by atoms with Crippen molar-refractivity contribution in [2.24, 2.45) is 0 Å². The van der Waals surface area contributed by atoms with E-state index in [1.807, 2.05) is 0 Å². The molecule has 3 aromatic carbocycles. The predicted octanol–water partition coefficient (Wildman–Crippen LogP) is -2.98. The summed E-state index contributed by atoms with van der Waals surface area (Å²) in [5.41, 5.74) is 0.567. The summed E-state index contributed by atoms with van der Waals surface area (Å²) < 4.78 is 40.4. The van der Waals surface area contributed by atoms with Crippen molar-refractivity contribution in [3.63, 3.8) is 0 Å². The Morgan fingerprint density at radius 3 is 1.18 bits per heavy atom. The van der Waals surface area contributed by atoms with E-state index in [0.717, 1.165) is 0 Å². The summed E-state index contributed by atoms with van der Waals surface area (Å²) in [6.45, 7) is 2.34. The van der Waals surface area contributed by atoms with Gasteiger partial charge in [-0.2, -0.15) is 0 Å². The molecule has 15 atom stereocenters. The lowest BCUT2D eigenvalue weighted by Gasteiger charge is -2.39. The molecule has 21 nitrogen and oxygen atoms in total. The summed E-state index contributed by atoms with van der Waals surface area (Å²) in [5.74, 6) is -1.28. The Labute approximate surface area is 341 Å². The second kappa shape index (κ2) is 18.5. The SMILES string of the molecule is Cc1cc(OC2OC(CO)C(O)C(O)C2O)cc(Oc2c(C)cc(OC3OC(CO)C(O)C(O)C3O)cc2-c2cc(OC3OC(CO)C(O)C(O)C3O)cc(C)c2O)c1O. The number of rotatable bonds is 12. The molecule has 0 radical (unpaired) electrons. The Hall–Kier alpha value is -4.14. The molecule has 332 valence electrons. The zero-order chi connectivity index (χ0) is 43.9. The van der Waals surface area contributed by atoms with Crippen LogP contribution in [-0.4, -0.2) is 183 Å². The van der Waals surface area contributed by atoms with Gasteiger partial charge in [0.25, 0.3) is 0 Å². The first-order valence-electron chi connectivity index (χ1n) is 18.8. The van der Waals surface area contributed by atoms with Gasteiger partial charge in [-0.3, -0.25) is 0 Å². The van der Waals surface area contributed by atoms with Gasteiger partial charge in [-0.15, -0.1) is 0 Å². The van der Waals surface area contributed by atoms with Crippen LogP contribution in [0.25, 0.3) is 11.1 Å². The van der Waals surface area contributed by atoms with Gasteiger partial charge in [0, 0.05) is 17.2 Å². The van der Waals surface area contributed by atoms with E-state index in [1.165, 1.54) is 57.2 Å². The van der Waals surface area contributed by atoms with Crippen LogP contribution in [0.15, 0.2) is 36.4 Å². The van der Waals surface area contributed by atoms with Crippen molar-refractivity contribution >= 4 is 0 Å². The monoisotopic (exact) mass is 854 g/mol. The maximum absolute atomic E-state index is 11.5. The molecule has 14 N–H and O–H groups in total. The van der Waals surface area contributed by atoms with Gasteiger partial charge in [0.2, 0.25) is 18.9 Å². The second-order valence-electron chi connectivity index (χ2n) is 14.9. The number of benzene rings is 3. The van der Waals surface area contributed by atoms with Crippen LogP contribution < -0.4 is 18.9 Å². The van der Waals surface area contributed by atoms with E-state index in [9.17, 15) is 71.5 Å². The highest BCUT2D eigenvalue weighted by molar-refractivity contribution is 5.81. The van der Waals surface area contributed by atoms with E-state index in [-0.39, 0.29) is 62.3 Å². The first kappa shape index (κ1) is 45.4. The molecule has 6 rings (SSSR count). The molecule has 3 heterocycles. The quantitative estimate of drug-likeness (QED) is 0.0864. The van der Waals surface area contributed by atoms with Gasteiger partial charge < -0.3 is 105 Å². The van der Waals surface area contributed by atoms with E-state index in [1.54, 1.807) is 0 Å². The summed E-state index contributed by atoms with van der Waals surface area (Å²) in [4.78, 5) is 0. The molecule has 0 aromatic heterocycles. The lowest BCUT2D eigenvalue weighted by atomic mass is 9.97. The molecule has 21 heteroatoms. The van der Waals surface area contributed by atoms with Crippen LogP contribution in [0.2, 0.25) is 0 Å². The number of phenols is 2. The number of hydrogen-bond donors (Lipinski definition) is 14. The van der Waals surface area contributed by atoms with Crippen molar-refractivity contribution in [2.75, 3.05) is 19.8 Å². The second-order valence-corrected chi connectivity index (χ2v) is 14.9. The molecule has 3 aliphatic heterocycles. The third kappa shape index (κ3) is 8.92. The van der Waals surface area contributed by atoms with Gasteiger partial charge in [-0.1, -0.05) is 0 Å². The summed E-state index contributed by atoms with van der Waals surface area (Å²) in [6.07, 6.45) is -24.4. The molecule has 15 unspecified atom stereocenters. The van der Waals surface area contributed by atoms with Crippen LogP contribution in [0.3, 0.4) is 0 Å². The minimum Gasteiger partial charge on any atom is -0.507 e. The topological polar surface area (TPSA) is 348 Å². The summed E-state index contributed by atoms with van der Waals surface area (Å²) in [6, 6.07) is 7.91. The third-order valence-electron chi connectivity index (χ3n) is 10.6. The van der Waals surface area contributed by atoms with E-state index < -0.39 is 118 Å². The van der Waals surface area contributed by atoms with Crippen LogP contribution >= 0.6 is 0 Å². The lowest BCUT2D eigenvalue weighted by molar-refractivity contribution is -0.277. The number of aliphatic hydroxyl groups excluding tert-OH is 12. The molecule has 3 aliphatic rings. The molecule has 3 fully saturated rings. The highest BCUT2D eigenvalue weighted by Crippen LogP contribution is 2.48. The van der Waals surface area contributed by atoms with Gasteiger partial charge >= 0.3 is 0 Å². The normalized spacial score (nSPS) is 34.5. The van der Waals surface area contributed by atoms with Gasteiger partial charge in [0.05, 0.1) is 19.8 Å². The predicted molar refractivity (Wildman–Crippen MR) is 199 cm³/mol. The Morgan fingerprint density at radius 2 is 0.783 bits per heavy atom. The first-order valence-corrected chi connectivity index (χ1v) is 18.8. The lowest BCUT2D eigenvalue weighted by Crippen LogP contribution is -2.60. The first-order chi connectivity index (χ1) is 28.4. The molecule has 3 aromatic rings. The number of ether oxygens (including phenoxy) is 7. The molecule has 0 amide bonds. The van der Waals surface area contributed by atoms with E-state index >= 15 is 0 Å². The summed E-state index contributed by atoms with van der Waals surface area (Å²) >= 11 is 0. The van der Waals surface area contributed by atoms with Crippen LogP contribution in [0, 0.1) is 20.8 Å². The number of aliphatic hydroxyl groups is 12. The average Bonchev–Trinajstić information content (AvgIpc) is 3.22. The number of aromatic hydroxyl groups is 2. The van der Waals surface area contributed by atoms with Crippen molar-refractivity contribution in [1.29, 1.82) is 0 Å². The summed E-state index contributed by atoms with van der Waals surface area (Å²) in [5, 5.41) is 145. The van der Waals surface area contributed by atoms with Gasteiger partial charge in [-0.25, -0.2) is 0 Å². The Morgan fingerprint density at radius 1 is 0.433 bits per heavy atom. The molecule has 0 aliphatic carbocycles. The van der Waals surface area contributed by atoms with Crippen LogP contribution in [0.4, 0.5) is 0 Å². The van der Waals surface area contributed by atoms with Crippen molar-refractivity contribution in [2.45, 2.75) is 113 Å². The minimum atomic E-state index is -1.81. The number of aryl methyl sites for hydroxylation is 3.